The number of furan rings is 1. The molecular formula is C7H5ClN4O5S. The molecule has 2 aromatic heterocycles. The Morgan fingerprint density at radius 1 is 1.44 bits per heavy atom. The van der Waals surface area contributed by atoms with Gasteiger partial charge in [-0.2, -0.15) is 0 Å². The van der Waals surface area contributed by atoms with Crippen molar-refractivity contribution >= 4 is 25.6 Å². The van der Waals surface area contributed by atoms with Crippen molar-refractivity contribution < 1.29 is 17.8 Å². The Morgan fingerprint density at radius 2 is 2.11 bits per heavy atom. The van der Waals surface area contributed by atoms with Crippen LogP contribution < -0.4 is 0 Å². The van der Waals surface area contributed by atoms with Crippen molar-refractivity contribution in [1.29, 1.82) is 0 Å². The van der Waals surface area contributed by atoms with Crippen molar-refractivity contribution in [3.63, 3.8) is 0 Å². The number of hydrogen-bond donors (Lipinski definition) is 0. The average molecular weight is 293 g/mol. The molecule has 96 valence electrons. The fourth-order valence-corrected chi connectivity index (χ4v) is 2.24. The highest BCUT2D eigenvalue weighted by Gasteiger charge is 2.23. The lowest BCUT2D eigenvalue weighted by Crippen LogP contribution is -2.02. The first-order chi connectivity index (χ1) is 8.30. The molecule has 0 fully saturated rings. The fraction of sp³-hybridized carbons (Fsp3) is 0.143. The Labute approximate surface area is 105 Å². The van der Waals surface area contributed by atoms with Gasteiger partial charge in [-0.3, -0.25) is 14.7 Å². The van der Waals surface area contributed by atoms with Gasteiger partial charge in [-0.25, -0.2) is 8.42 Å². The molecule has 0 atom stereocenters. The molecule has 0 saturated heterocycles. The van der Waals surface area contributed by atoms with Crippen LogP contribution in [0.1, 0.15) is 0 Å². The lowest BCUT2D eigenvalue weighted by atomic mass is 10.4. The highest BCUT2D eigenvalue weighted by Crippen LogP contribution is 2.26. The van der Waals surface area contributed by atoms with Gasteiger partial charge in [0.2, 0.25) is 5.82 Å². The second-order valence-corrected chi connectivity index (χ2v) is 5.66. The number of aromatic nitrogens is 3. The zero-order valence-electron chi connectivity index (χ0n) is 8.77. The highest BCUT2D eigenvalue weighted by molar-refractivity contribution is 8.13. The molecule has 18 heavy (non-hydrogen) atoms. The van der Waals surface area contributed by atoms with Crippen LogP contribution in [0.2, 0.25) is 0 Å². The molecule has 0 bridgehead atoms. The Bertz CT molecular complexity index is 718. The largest absolute Gasteiger partial charge is 0.433 e. The summed E-state index contributed by atoms with van der Waals surface area (Å²) >= 11 is 0. The second kappa shape index (κ2) is 4.07. The molecule has 0 aliphatic carbocycles. The van der Waals surface area contributed by atoms with Gasteiger partial charge in [0.05, 0.1) is 6.07 Å². The van der Waals surface area contributed by atoms with E-state index in [1.54, 1.807) is 0 Å². The third-order valence-electron chi connectivity index (χ3n) is 2.05. The number of rotatable bonds is 3. The summed E-state index contributed by atoms with van der Waals surface area (Å²) in [6, 6.07) is 2.41. The maximum absolute atomic E-state index is 11.1. The Hall–Kier alpha value is -1.94. The monoisotopic (exact) mass is 292 g/mol. The van der Waals surface area contributed by atoms with E-state index >= 15 is 0 Å². The molecule has 0 aromatic carbocycles. The smallest absolute Gasteiger partial charge is 0.397 e. The highest BCUT2D eigenvalue weighted by atomic mass is 35.7. The molecule has 0 spiro atoms. The summed E-state index contributed by atoms with van der Waals surface area (Å²) < 4.78 is 28.2. The van der Waals surface area contributed by atoms with Gasteiger partial charge in [-0.1, -0.05) is 0 Å². The summed E-state index contributed by atoms with van der Waals surface area (Å²) in [5.41, 5.74) is 0. The van der Waals surface area contributed by atoms with Crippen LogP contribution in [-0.4, -0.2) is 28.1 Å². The minimum atomic E-state index is -4.04. The SMILES string of the molecule is Cn1c(-c2ccc([N+](=O)[O-])o2)nnc1S(=O)(=O)Cl. The minimum Gasteiger partial charge on any atom is -0.397 e. The molecule has 0 radical (unpaired) electrons. The first-order valence-electron chi connectivity index (χ1n) is 4.39. The van der Waals surface area contributed by atoms with Gasteiger partial charge in [-0.05, 0) is 6.07 Å². The Balaban J connectivity index is 2.52. The molecule has 0 amide bonds. The van der Waals surface area contributed by atoms with Crippen molar-refractivity contribution in [1.82, 2.24) is 14.8 Å². The standard InChI is InChI=1S/C7H5ClN4O5S/c1-11-6(9-10-7(11)18(8,15)16)4-2-3-5(17-4)12(13)14/h2-3H,1H3. The van der Waals surface area contributed by atoms with E-state index in [-0.39, 0.29) is 11.6 Å². The van der Waals surface area contributed by atoms with Crippen LogP contribution in [0.15, 0.2) is 21.7 Å². The maximum Gasteiger partial charge on any atom is 0.433 e. The maximum atomic E-state index is 11.1. The van der Waals surface area contributed by atoms with Gasteiger partial charge >= 0.3 is 5.88 Å². The van der Waals surface area contributed by atoms with E-state index in [2.05, 4.69) is 10.2 Å². The topological polar surface area (TPSA) is 121 Å². The van der Waals surface area contributed by atoms with Crippen molar-refractivity contribution in [3.05, 3.63) is 22.2 Å². The third-order valence-corrected chi connectivity index (χ3v) is 3.25. The molecule has 9 nitrogen and oxygen atoms in total. The fourth-order valence-electron chi connectivity index (χ4n) is 1.29. The van der Waals surface area contributed by atoms with Gasteiger partial charge in [0.25, 0.3) is 14.2 Å². The minimum absolute atomic E-state index is 0.0160. The van der Waals surface area contributed by atoms with Crippen LogP contribution >= 0.6 is 10.7 Å². The van der Waals surface area contributed by atoms with Gasteiger partial charge in [0.15, 0.2) is 5.76 Å². The molecular weight excluding hydrogens is 288 g/mol. The molecule has 11 heteroatoms. The zero-order valence-corrected chi connectivity index (χ0v) is 10.3. The van der Waals surface area contributed by atoms with Crippen LogP contribution in [0.3, 0.4) is 0 Å². The molecule has 0 unspecified atom stereocenters. The lowest BCUT2D eigenvalue weighted by molar-refractivity contribution is -0.401. The predicted molar refractivity (Wildman–Crippen MR) is 58.4 cm³/mol. The van der Waals surface area contributed by atoms with Crippen molar-refractivity contribution in [3.8, 4) is 11.6 Å². The molecule has 0 saturated carbocycles. The predicted octanol–water partition coefficient (Wildman–Crippen LogP) is 0.911. The third kappa shape index (κ3) is 2.07. The number of nitro groups is 1. The summed E-state index contributed by atoms with van der Waals surface area (Å²) in [6.45, 7) is 0. The first kappa shape index (κ1) is 12.5. The molecule has 0 aliphatic heterocycles. The van der Waals surface area contributed by atoms with E-state index in [1.807, 2.05) is 0 Å². The van der Waals surface area contributed by atoms with Gasteiger partial charge < -0.3 is 4.42 Å². The first-order valence-corrected chi connectivity index (χ1v) is 6.70. The van der Waals surface area contributed by atoms with Gasteiger partial charge in [-0.15, -0.1) is 10.2 Å². The summed E-state index contributed by atoms with van der Waals surface area (Å²) in [6.07, 6.45) is 0. The van der Waals surface area contributed by atoms with Crippen LogP contribution in [0.25, 0.3) is 11.6 Å². The van der Waals surface area contributed by atoms with Crippen LogP contribution in [0.5, 0.6) is 0 Å². The van der Waals surface area contributed by atoms with Crippen molar-refractivity contribution in [2.45, 2.75) is 5.16 Å². The van der Waals surface area contributed by atoms with E-state index in [4.69, 9.17) is 15.1 Å². The summed E-state index contributed by atoms with van der Waals surface area (Å²) in [4.78, 5) is 9.72. The average Bonchev–Trinajstić information content (AvgIpc) is 2.81. The van der Waals surface area contributed by atoms with Crippen molar-refractivity contribution in [2.24, 2.45) is 7.05 Å². The Morgan fingerprint density at radius 3 is 2.56 bits per heavy atom. The lowest BCUT2D eigenvalue weighted by Gasteiger charge is -1.97. The van der Waals surface area contributed by atoms with E-state index in [1.165, 1.54) is 13.1 Å². The molecule has 2 aromatic rings. The second-order valence-electron chi connectivity index (χ2n) is 3.20. The zero-order chi connectivity index (χ0) is 13.5. The van der Waals surface area contributed by atoms with Gasteiger partial charge in [0, 0.05) is 17.7 Å². The van der Waals surface area contributed by atoms with E-state index in [0.29, 0.717) is 0 Å². The summed E-state index contributed by atoms with van der Waals surface area (Å²) in [5.74, 6) is -0.450. The quantitative estimate of drug-likeness (QED) is 0.468. The van der Waals surface area contributed by atoms with E-state index in [0.717, 1.165) is 10.6 Å². The summed E-state index contributed by atoms with van der Waals surface area (Å²) in [5, 5.41) is 16.9. The molecule has 0 N–H and O–H groups in total. The van der Waals surface area contributed by atoms with E-state index < -0.39 is 25.0 Å². The number of nitrogens with zero attached hydrogens (tertiary/aromatic N) is 4. The molecule has 0 aliphatic rings. The number of halogens is 1. The normalized spacial score (nSPS) is 11.7. The van der Waals surface area contributed by atoms with E-state index in [9.17, 15) is 18.5 Å². The summed E-state index contributed by atoms with van der Waals surface area (Å²) in [7, 11) is 2.43. The van der Waals surface area contributed by atoms with Gasteiger partial charge in [0.1, 0.15) is 4.92 Å². The van der Waals surface area contributed by atoms with Crippen LogP contribution in [-0.2, 0) is 16.1 Å². The van der Waals surface area contributed by atoms with Crippen LogP contribution in [0.4, 0.5) is 5.88 Å². The van der Waals surface area contributed by atoms with Crippen LogP contribution in [0, 0.1) is 10.1 Å². The molecule has 2 rings (SSSR count). The number of hydrogen-bond acceptors (Lipinski definition) is 7. The van der Waals surface area contributed by atoms with Crippen molar-refractivity contribution in [2.75, 3.05) is 0 Å². The molecule has 2 heterocycles. The Kier molecular flexibility index (Phi) is 2.83.